The van der Waals surface area contributed by atoms with Crippen molar-refractivity contribution in [2.75, 3.05) is 30.3 Å². The fourth-order valence-corrected chi connectivity index (χ4v) is 2.63. The Morgan fingerprint density at radius 3 is 3.10 bits per heavy atom. The van der Waals surface area contributed by atoms with Crippen molar-refractivity contribution in [3.63, 3.8) is 0 Å². The number of fused-ring (bicyclic) bond motifs is 1. The molecule has 8 heteroatoms. The van der Waals surface area contributed by atoms with Gasteiger partial charge in [0.1, 0.15) is 5.82 Å². The number of rotatable bonds is 2. The number of morpholine rings is 1. The van der Waals surface area contributed by atoms with Gasteiger partial charge in [0.25, 0.3) is 0 Å². The second kappa shape index (κ2) is 4.57. The summed E-state index contributed by atoms with van der Waals surface area (Å²) in [6, 6.07) is 0. The smallest absolute Gasteiger partial charge is 0.224 e. The van der Waals surface area contributed by atoms with Crippen LogP contribution in [0.15, 0.2) is 6.20 Å². The molecule has 8 nitrogen and oxygen atoms in total. The van der Waals surface area contributed by atoms with Crippen LogP contribution in [0.2, 0.25) is 0 Å². The fraction of sp³-hybridized carbons (Fsp3) is 0.583. The fourth-order valence-electron chi connectivity index (χ4n) is 2.63. The number of hydrogen-bond acceptors (Lipinski definition) is 7. The minimum absolute atomic E-state index is 0.0327. The molecular formula is C12H18N6O2. The number of nitrogen functional groups attached to an aromatic ring is 1. The van der Waals surface area contributed by atoms with Gasteiger partial charge in [-0.15, -0.1) is 0 Å². The monoisotopic (exact) mass is 278 g/mol. The van der Waals surface area contributed by atoms with Crippen molar-refractivity contribution in [2.24, 2.45) is 0 Å². The number of ether oxygens (including phenoxy) is 1. The molecule has 1 aliphatic rings. The topological polar surface area (TPSA) is 113 Å². The maximum absolute atomic E-state index is 9.39. The summed E-state index contributed by atoms with van der Waals surface area (Å²) in [6.45, 7) is 5.14. The molecule has 0 bridgehead atoms. The SMILES string of the molecule is CC1(C)CN(c2nc(N)nc3[nH]ncc23)CC(CO)O1. The molecule has 1 fully saturated rings. The summed E-state index contributed by atoms with van der Waals surface area (Å²) in [5.74, 6) is 0.915. The first kappa shape index (κ1) is 13.1. The van der Waals surface area contributed by atoms with E-state index in [9.17, 15) is 5.11 Å². The van der Waals surface area contributed by atoms with E-state index in [4.69, 9.17) is 10.5 Å². The van der Waals surface area contributed by atoms with Crippen LogP contribution in [0, 0.1) is 0 Å². The van der Waals surface area contributed by atoms with Crippen LogP contribution in [0.5, 0.6) is 0 Å². The lowest BCUT2D eigenvalue weighted by atomic mass is 10.1. The van der Waals surface area contributed by atoms with E-state index in [1.54, 1.807) is 6.20 Å². The third-order valence-electron chi connectivity index (χ3n) is 3.29. The molecule has 4 N–H and O–H groups in total. The summed E-state index contributed by atoms with van der Waals surface area (Å²) >= 11 is 0. The molecule has 0 amide bonds. The zero-order valence-electron chi connectivity index (χ0n) is 11.5. The number of nitrogens with one attached hydrogen (secondary N) is 1. The van der Waals surface area contributed by atoms with Gasteiger partial charge in [0.2, 0.25) is 5.95 Å². The van der Waals surface area contributed by atoms with Gasteiger partial charge >= 0.3 is 0 Å². The predicted octanol–water partition coefficient (Wildman–Crippen LogP) is -0.0888. The first-order valence-electron chi connectivity index (χ1n) is 6.49. The van der Waals surface area contributed by atoms with Gasteiger partial charge in [-0.3, -0.25) is 5.10 Å². The third kappa shape index (κ3) is 2.27. The van der Waals surface area contributed by atoms with E-state index in [0.29, 0.717) is 18.7 Å². The van der Waals surface area contributed by atoms with Gasteiger partial charge in [-0.25, -0.2) is 0 Å². The molecule has 0 saturated carbocycles. The van der Waals surface area contributed by atoms with Crippen molar-refractivity contribution >= 4 is 22.8 Å². The van der Waals surface area contributed by atoms with Crippen LogP contribution in [-0.4, -0.2) is 56.7 Å². The molecule has 1 saturated heterocycles. The zero-order valence-corrected chi connectivity index (χ0v) is 11.5. The minimum atomic E-state index is -0.374. The summed E-state index contributed by atoms with van der Waals surface area (Å²) < 4.78 is 5.81. The highest BCUT2D eigenvalue weighted by atomic mass is 16.5. The van der Waals surface area contributed by atoms with Gasteiger partial charge in [-0.05, 0) is 13.8 Å². The average Bonchev–Trinajstić information content (AvgIpc) is 2.83. The largest absolute Gasteiger partial charge is 0.394 e. The second-order valence-electron chi connectivity index (χ2n) is 5.60. The summed E-state index contributed by atoms with van der Waals surface area (Å²) in [5, 5.41) is 17.0. The molecule has 1 atom stereocenters. The Morgan fingerprint density at radius 2 is 2.35 bits per heavy atom. The van der Waals surface area contributed by atoms with Gasteiger partial charge in [0.15, 0.2) is 5.65 Å². The van der Waals surface area contributed by atoms with Gasteiger partial charge in [0.05, 0.1) is 29.9 Å². The molecule has 2 aromatic heterocycles. The number of aromatic nitrogens is 4. The number of hydrogen-bond donors (Lipinski definition) is 3. The lowest BCUT2D eigenvalue weighted by Gasteiger charge is -2.42. The molecule has 3 rings (SSSR count). The van der Waals surface area contributed by atoms with Crippen LogP contribution in [0.25, 0.3) is 11.0 Å². The van der Waals surface area contributed by atoms with Crippen molar-refractivity contribution in [3.8, 4) is 0 Å². The zero-order chi connectivity index (χ0) is 14.3. The molecule has 1 unspecified atom stereocenters. The van der Waals surface area contributed by atoms with Crippen LogP contribution in [-0.2, 0) is 4.74 Å². The van der Waals surface area contributed by atoms with E-state index in [0.717, 1.165) is 11.2 Å². The van der Waals surface area contributed by atoms with E-state index in [-0.39, 0.29) is 24.3 Å². The van der Waals surface area contributed by atoms with Crippen LogP contribution in [0.1, 0.15) is 13.8 Å². The van der Waals surface area contributed by atoms with Crippen molar-refractivity contribution in [2.45, 2.75) is 25.6 Å². The molecule has 0 aliphatic carbocycles. The van der Waals surface area contributed by atoms with E-state index >= 15 is 0 Å². The minimum Gasteiger partial charge on any atom is -0.394 e. The molecule has 20 heavy (non-hydrogen) atoms. The molecule has 1 aliphatic heterocycles. The summed E-state index contributed by atoms with van der Waals surface area (Å²) in [7, 11) is 0. The highest BCUT2D eigenvalue weighted by molar-refractivity contribution is 5.87. The Balaban J connectivity index is 2.03. The maximum Gasteiger partial charge on any atom is 0.224 e. The number of H-pyrrole nitrogens is 1. The van der Waals surface area contributed by atoms with Crippen molar-refractivity contribution < 1.29 is 9.84 Å². The quantitative estimate of drug-likeness (QED) is 0.703. The highest BCUT2D eigenvalue weighted by Crippen LogP contribution is 2.29. The second-order valence-corrected chi connectivity index (χ2v) is 5.60. The van der Waals surface area contributed by atoms with Crippen molar-refractivity contribution in [1.29, 1.82) is 0 Å². The van der Waals surface area contributed by atoms with E-state index in [1.807, 2.05) is 13.8 Å². The highest BCUT2D eigenvalue weighted by Gasteiger charge is 2.34. The van der Waals surface area contributed by atoms with E-state index in [1.165, 1.54) is 0 Å². The Bertz CT molecular complexity index is 625. The van der Waals surface area contributed by atoms with E-state index < -0.39 is 0 Å². The standard InChI is InChI=1S/C12H18N6O2/c1-12(2)6-18(4-7(5-19)20-12)10-8-3-14-17-9(8)15-11(13)16-10/h3,7,19H,4-6H2,1-2H3,(H3,13,14,15,16,17). The van der Waals surface area contributed by atoms with Crippen LogP contribution >= 0.6 is 0 Å². The average molecular weight is 278 g/mol. The summed E-state index contributed by atoms with van der Waals surface area (Å²) in [4.78, 5) is 10.5. The first-order chi connectivity index (χ1) is 9.48. The Morgan fingerprint density at radius 1 is 1.55 bits per heavy atom. The molecule has 3 heterocycles. The van der Waals surface area contributed by atoms with Crippen LogP contribution in [0.3, 0.4) is 0 Å². The Hall–Kier alpha value is -1.93. The lowest BCUT2D eigenvalue weighted by molar-refractivity contribution is -0.101. The van der Waals surface area contributed by atoms with Gasteiger partial charge in [-0.2, -0.15) is 15.1 Å². The third-order valence-corrected chi connectivity index (χ3v) is 3.29. The summed E-state index contributed by atoms with van der Waals surface area (Å²) in [6.07, 6.45) is 1.43. The number of aromatic amines is 1. The number of anilines is 2. The van der Waals surface area contributed by atoms with Crippen LogP contribution < -0.4 is 10.6 Å². The molecule has 0 radical (unpaired) electrons. The molecule has 0 aromatic carbocycles. The van der Waals surface area contributed by atoms with Gasteiger partial charge in [-0.1, -0.05) is 0 Å². The Kier molecular flexibility index (Phi) is 2.98. The van der Waals surface area contributed by atoms with Gasteiger partial charge in [0, 0.05) is 13.1 Å². The van der Waals surface area contributed by atoms with Crippen LogP contribution in [0.4, 0.5) is 11.8 Å². The molecule has 108 valence electrons. The normalized spacial score (nSPS) is 22.4. The molecule has 0 spiro atoms. The molecular weight excluding hydrogens is 260 g/mol. The number of aliphatic hydroxyl groups excluding tert-OH is 1. The number of nitrogens with zero attached hydrogens (tertiary/aromatic N) is 4. The first-order valence-corrected chi connectivity index (χ1v) is 6.49. The number of nitrogens with two attached hydrogens (primary N) is 1. The number of aliphatic hydroxyl groups is 1. The lowest BCUT2D eigenvalue weighted by Crippen LogP contribution is -2.54. The predicted molar refractivity (Wildman–Crippen MR) is 74.3 cm³/mol. The van der Waals surface area contributed by atoms with Crippen molar-refractivity contribution in [1.82, 2.24) is 20.2 Å². The van der Waals surface area contributed by atoms with Crippen molar-refractivity contribution in [3.05, 3.63) is 6.20 Å². The van der Waals surface area contributed by atoms with Gasteiger partial charge < -0.3 is 20.5 Å². The summed E-state index contributed by atoms with van der Waals surface area (Å²) in [5.41, 5.74) is 5.98. The maximum atomic E-state index is 9.39. The van der Waals surface area contributed by atoms with E-state index in [2.05, 4.69) is 25.1 Å². The Labute approximate surface area is 116 Å². The molecule has 2 aromatic rings.